The molecule has 5 nitrogen and oxygen atoms in total. The minimum atomic E-state index is -0.159. The molecule has 0 aliphatic heterocycles. The van der Waals surface area contributed by atoms with Gasteiger partial charge in [0.05, 0.1) is 6.04 Å². The monoisotopic (exact) mass is 391 g/mol. The molecule has 1 amide bonds. The molecule has 2 N–H and O–H groups in total. The molecule has 0 saturated carbocycles. The fourth-order valence-electron chi connectivity index (χ4n) is 2.67. The zero-order valence-corrected chi connectivity index (χ0v) is 15.7. The van der Waals surface area contributed by atoms with Crippen LogP contribution >= 0.6 is 15.9 Å². The Bertz CT molecular complexity index is 769. The number of aromatic nitrogens is 2. The minimum absolute atomic E-state index is 0.0267. The Morgan fingerprint density at radius 2 is 1.96 bits per heavy atom. The Balaban J connectivity index is 2.00. The van der Waals surface area contributed by atoms with Crippen LogP contribution in [0.1, 0.15) is 48.5 Å². The highest BCUT2D eigenvalue weighted by atomic mass is 79.9. The lowest BCUT2D eigenvalue weighted by atomic mass is 10.0. The maximum absolute atomic E-state index is 12.3. The number of rotatable bonds is 6. The van der Waals surface area contributed by atoms with E-state index in [9.17, 15) is 9.59 Å². The van der Waals surface area contributed by atoms with Gasteiger partial charge >= 0.3 is 0 Å². The normalized spacial score (nSPS) is 12.0. The molecule has 1 aromatic carbocycles. The smallest absolute Gasteiger partial charge is 0.254 e. The molecule has 0 spiro atoms. The van der Waals surface area contributed by atoms with Crippen molar-refractivity contribution in [3.05, 3.63) is 61.7 Å². The van der Waals surface area contributed by atoms with Gasteiger partial charge in [0, 0.05) is 22.2 Å². The second-order valence-electron chi connectivity index (χ2n) is 5.80. The maximum atomic E-state index is 12.3. The van der Waals surface area contributed by atoms with Crippen LogP contribution in [0.15, 0.2) is 33.5 Å². The van der Waals surface area contributed by atoms with Crippen LogP contribution in [-0.4, -0.2) is 15.9 Å². The summed E-state index contributed by atoms with van der Waals surface area (Å²) in [4.78, 5) is 31.2. The largest absolute Gasteiger partial charge is 0.349 e. The topological polar surface area (TPSA) is 74.8 Å². The SMILES string of the molecule is CCC(NC(=O)CCc1c(C)nc(C)[nH]c1=O)c1ccc(Br)cc1. The summed E-state index contributed by atoms with van der Waals surface area (Å²) >= 11 is 3.41. The zero-order chi connectivity index (χ0) is 17.7. The van der Waals surface area contributed by atoms with Gasteiger partial charge in [-0.25, -0.2) is 4.98 Å². The van der Waals surface area contributed by atoms with Gasteiger partial charge in [-0.2, -0.15) is 0 Å². The second-order valence-corrected chi connectivity index (χ2v) is 6.71. The second kappa shape index (κ2) is 8.24. The summed E-state index contributed by atoms with van der Waals surface area (Å²) in [7, 11) is 0. The highest BCUT2D eigenvalue weighted by molar-refractivity contribution is 9.10. The van der Waals surface area contributed by atoms with Gasteiger partial charge in [0.25, 0.3) is 5.56 Å². The lowest BCUT2D eigenvalue weighted by molar-refractivity contribution is -0.121. The summed E-state index contributed by atoms with van der Waals surface area (Å²) in [5.41, 5.74) is 2.17. The van der Waals surface area contributed by atoms with Crippen molar-refractivity contribution >= 4 is 21.8 Å². The van der Waals surface area contributed by atoms with Crippen LogP contribution in [0.2, 0.25) is 0 Å². The van der Waals surface area contributed by atoms with Crippen molar-refractivity contribution < 1.29 is 4.79 Å². The van der Waals surface area contributed by atoms with E-state index >= 15 is 0 Å². The Labute approximate surface area is 150 Å². The molecule has 128 valence electrons. The Kier molecular flexibility index (Phi) is 6.31. The third-order valence-electron chi connectivity index (χ3n) is 3.96. The number of hydrogen-bond acceptors (Lipinski definition) is 3. The summed E-state index contributed by atoms with van der Waals surface area (Å²) in [6, 6.07) is 7.89. The fourth-order valence-corrected chi connectivity index (χ4v) is 2.93. The van der Waals surface area contributed by atoms with Crippen molar-refractivity contribution in [1.29, 1.82) is 0 Å². The first kappa shape index (κ1) is 18.4. The number of hydrogen-bond donors (Lipinski definition) is 2. The van der Waals surface area contributed by atoms with E-state index in [0.717, 1.165) is 16.5 Å². The summed E-state index contributed by atoms with van der Waals surface area (Å²) in [6.45, 7) is 5.58. The van der Waals surface area contributed by atoms with E-state index in [1.165, 1.54) is 0 Å². The van der Waals surface area contributed by atoms with E-state index in [1.807, 2.05) is 31.2 Å². The number of benzene rings is 1. The minimum Gasteiger partial charge on any atom is -0.349 e. The van der Waals surface area contributed by atoms with Crippen LogP contribution in [0.3, 0.4) is 0 Å². The van der Waals surface area contributed by atoms with Gasteiger partial charge in [-0.15, -0.1) is 0 Å². The molecule has 24 heavy (non-hydrogen) atoms. The van der Waals surface area contributed by atoms with Crippen LogP contribution < -0.4 is 10.9 Å². The molecule has 2 aromatic rings. The number of aryl methyl sites for hydroxylation is 2. The summed E-state index contributed by atoms with van der Waals surface area (Å²) in [5, 5.41) is 3.04. The van der Waals surface area contributed by atoms with Crippen molar-refractivity contribution in [2.45, 2.75) is 46.1 Å². The molecule has 0 bridgehead atoms. The summed E-state index contributed by atoms with van der Waals surface area (Å²) < 4.78 is 1.01. The molecule has 0 fully saturated rings. The van der Waals surface area contributed by atoms with Crippen LogP contribution in [-0.2, 0) is 11.2 Å². The van der Waals surface area contributed by atoms with Crippen LogP contribution in [0.5, 0.6) is 0 Å². The first-order valence-electron chi connectivity index (χ1n) is 8.02. The number of carbonyl (C=O) groups is 1. The first-order chi connectivity index (χ1) is 11.4. The molecule has 1 atom stereocenters. The molecule has 1 aromatic heterocycles. The molecule has 6 heteroatoms. The lowest BCUT2D eigenvalue weighted by Crippen LogP contribution is -2.29. The summed E-state index contributed by atoms with van der Waals surface area (Å²) in [5.74, 6) is 0.524. The predicted octanol–water partition coefficient (Wildman–Crippen LogP) is 3.35. The number of amides is 1. The van der Waals surface area contributed by atoms with Crippen molar-refractivity contribution in [2.24, 2.45) is 0 Å². The van der Waals surface area contributed by atoms with E-state index < -0.39 is 0 Å². The van der Waals surface area contributed by atoms with Crippen LogP contribution in [0.25, 0.3) is 0 Å². The highest BCUT2D eigenvalue weighted by Gasteiger charge is 2.14. The molecule has 1 unspecified atom stereocenters. The number of nitrogens with one attached hydrogen (secondary N) is 2. The number of aromatic amines is 1. The molecular weight excluding hydrogens is 370 g/mol. The van der Waals surface area contributed by atoms with Crippen molar-refractivity contribution in [3.63, 3.8) is 0 Å². The third-order valence-corrected chi connectivity index (χ3v) is 4.49. The van der Waals surface area contributed by atoms with Gasteiger partial charge in [-0.3, -0.25) is 9.59 Å². The quantitative estimate of drug-likeness (QED) is 0.792. The highest BCUT2D eigenvalue weighted by Crippen LogP contribution is 2.19. The maximum Gasteiger partial charge on any atom is 0.254 e. The Morgan fingerprint density at radius 3 is 2.54 bits per heavy atom. The van der Waals surface area contributed by atoms with Crippen LogP contribution in [0.4, 0.5) is 0 Å². The van der Waals surface area contributed by atoms with Gasteiger partial charge in [-0.1, -0.05) is 35.0 Å². The van der Waals surface area contributed by atoms with E-state index in [-0.39, 0.29) is 23.9 Å². The van der Waals surface area contributed by atoms with E-state index in [4.69, 9.17) is 0 Å². The van der Waals surface area contributed by atoms with Gasteiger partial charge in [0.1, 0.15) is 5.82 Å². The van der Waals surface area contributed by atoms with E-state index in [2.05, 4.69) is 31.2 Å². The number of carbonyl (C=O) groups excluding carboxylic acids is 1. The molecular formula is C18H22BrN3O2. The first-order valence-corrected chi connectivity index (χ1v) is 8.81. The van der Waals surface area contributed by atoms with E-state index in [1.54, 1.807) is 13.8 Å². The standard InChI is InChI=1S/C18H22BrN3O2/c1-4-16(13-5-7-14(19)8-6-13)22-17(23)10-9-15-11(2)20-12(3)21-18(15)24/h5-8,16H,4,9-10H2,1-3H3,(H,22,23)(H,20,21,24). The predicted molar refractivity (Wildman–Crippen MR) is 98.0 cm³/mol. The molecule has 0 aliphatic carbocycles. The van der Waals surface area contributed by atoms with Gasteiger partial charge in [-0.05, 0) is 44.4 Å². The Morgan fingerprint density at radius 1 is 1.29 bits per heavy atom. The third kappa shape index (κ3) is 4.77. The van der Waals surface area contributed by atoms with Crippen LogP contribution in [0, 0.1) is 13.8 Å². The average molecular weight is 392 g/mol. The van der Waals surface area contributed by atoms with E-state index in [0.29, 0.717) is 23.5 Å². The fraction of sp³-hybridized carbons (Fsp3) is 0.389. The van der Waals surface area contributed by atoms with Crippen molar-refractivity contribution in [1.82, 2.24) is 15.3 Å². The summed E-state index contributed by atoms with van der Waals surface area (Å²) in [6.07, 6.45) is 1.46. The van der Waals surface area contributed by atoms with Crippen molar-refractivity contribution in [2.75, 3.05) is 0 Å². The average Bonchev–Trinajstić information content (AvgIpc) is 2.52. The van der Waals surface area contributed by atoms with Gasteiger partial charge < -0.3 is 10.3 Å². The molecule has 2 rings (SSSR count). The number of halogens is 1. The lowest BCUT2D eigenvalue weighted by Gasteiger charge is -2.17. The molecule has 1 heterocycles. The number of nitrogens with zero attached hydrogens (tertiary/aromatic N) is 1. The van der Waals surface area contributed by atoms with Crippen molar-refractivity contribution in [3.8, 4) is 0 Å². The molecule has 0 radical (unpaired) electrons. The molecule has 0 saturated heterocycles. The van der Waals surface area contributed by atoms with Gasteiger partial charge in [0.2, 0.25) is 5.91 Å². The zero-order valence-electron chi connectivity index (χ0n) is 14.1. The number of H-pyrrole nitrogens is 1. The molecule has 0 aliphatic rings. The van der Waals surface area contributed by atoms with Gasteiger partial charge in [0.15, 0.2) is 0 Å². The Hall–Kier alpha value is -1.95.